The zero-order valence-corrected chi connectivity index (χ0v) is 14.0. The summed E-state index contributed by atoms with van der Waals surface area (Å²) in [4.78, 5) is 12.0. The summed E-state index contributed by atoms with van der Waals surface area (Å²) in [5.41, 5.74) is 0.274. The van der Waals surface area contributed by atoms with Gasteiger partial charge in [0.2, 0.25) is 0 Å². The maximum atomic E-state index is 12.0. The molecule has 128 valence electrons. The number of hydrogen-bond donors (Lipinski definition) is 3. The molecule has 0 radical (unpaired) electrons. The number of carbonyl (C=O) groups is 1. The van der Waals surface area contributed by atoms with E-state index in [2.05, 4.69) is 15.7 Å². The monoisotopic (exact) mass is 348 g/mol. The number of rotatable bonds is 6. The molecule has 0 spiro atoms. The molecule has 3 N–H and O–H groups in total. The number of halogens is 1. The van der Waals surface area contributed by atoms with Crippen molar-refractivity contribution < 1.29 is 9.90 Å². The second-order valence-corrected chi connectivity index (χ2v) is 6.63. The molecule has 24 heavy (non-hydrogen) atoms. The first-order valence-electron chi connectivity index (χ1n) is 8.04. The van der Waals surface area contributed by atoms with Gasteiger partial charge in [0, 0.05) is 30.5 Å². The van der Waals surface area contributed by atoms with Crippen LogP contribution in [-0.4, -0.2) is 39.6 Å². The fourth-order valence-electron chi connectivity index (χ4n) is 2.77. The van der Waals surface area contributed by atoms with Gasteiger partial charge in [0.05, 0.1) is 11.6 Å². The van der Waals surface area contributed by atoms with Crippen LogP contribution in [0.3, 0.4) is 0 Å². The van der Waals surface area contributed by atoms with Crippen molar-refractivity contribution in [1.29, 1.82) is 0 Å². The Labute approximate surface area is 145 Å². The fourth-order valence-corrected chi connectivity index (χ4v) is 2.90. The van der Waals surface area contributed by atoms with Gasteiger partial charge >= 0.3 is 6.03 Å². The van der Waals surface area contributed by atoms with Gasteiger partial charge in [-0.3, -0.25) is 4.68 Å². The lowest BCUT2D eigenvalue weighted by molar-refractivity contribution is -0.0290. The van der Waals surface area contributed by atoms with Gasteiger partial charge in [-0.2, -0.15) is 5.10 Å². The van der Waals surface area contributed by atoms with Crippen LogP contribution in [-0.2, 0) is 0 Å². The van der Waals surface area contributed by atoms with Crippen LogP contribution in [0.5, 0.6) is 0 Å². The van der Waals surface area contributed by atoms with Crippen LogP contribution in [0.25, 0.3) is 0 Å². The van der Waals surface area contributed by atoms with Gasteiger partial charge < -0.3 is 15.7 Å². The third-order valence-electron chi connectivity index (χ3n) is 4.42. The fraction of sp³-hybridized carbons (Fsp3) is 0.412. The average molecular weight is 349 g/mol. The third kappa shape index (κ3) is 4.07. The smallest absolute Gasteiger partial charge is 0.314 e. The Kier molecular flexibility index (Phi) is 5.06. The maximum absolute atomic E-state index is 12.0. The predicted molar refractivity (Wildman–Crippen MR) is 92.0 cm³/mol. The molecule has 1 aliphatic carbocycles. The first-order chi connectivity index (χ1) is 11.6. The van der Waals surface area contributed by atoms with E-state index in [9.17, 15) is 9.90 Å². The van der Waals surface area contributed by atoms with Gasteiger partial charge in [-0.1, -0.05) is 23.7 Å². The average Bonchev–Trinajstić information content (AvgIpc) is 3.07. The first-order valence-corrected chi connectivity index (χ1v) is 8.42. The number of nitrogens with one attached hydrogen (secondary N) is 2. The standard InChI is InChI=1S/C17H21ClN4O2/c18-14-5-3-13(4-6-14)15(22-10-2-9-21-22)11-19-16(23)20-12-17(24)7-1-8-17/h2-6,9-10,15,24H,1,7-8,11-12H2,(H2,19,20,23)/t15-/m0/s1. The minimum atomic E-state index is -0.727. The molecule has 2 aromatic rings. The summed E-state index contributed by atoms with van der Waals surface area (Å²) >= 11 is 5.95. The lowest BCUT2D eigenvalue weighted by atomic mass is 9.80. The summed E-state index contributed by atoms with van der Waals surface area (Å²) in [6, 6.07) is 8.90. The zero-order valence-electron chi connectivity index (χ0n) is 13.3. The van der Waals surface area contributed by atoms with Crippen LogP contribution in [0.1, 0.15) is 30.9 Å². The van der Waals surface area contributed by atoms with Gasteiger partial charge in [-0.25, -0.2) is 4.79 Å². The molecule has 7 heteroatoms. The molecule has 2 amide bonds. The van der Waals surface area contributed by atoms with E-state index in [1.807, 2.05) is 36.5 Å². The second kappa shape index (κ2) is 7.23. The van der Waals surface area contributed by atoms with E-state index in [4.69, 9.17) is 11.6 Å². The molecule has 1 fully saturated rings. The van der Waals surface area contributed by atoms with Crippen molar-refractivity contribution in [3.8, 4) is 0 Å². The Hall–Kier alpha value is -2.05. The summed E-state index contributed by atoms with van der Waals surface area (Å²) in [6.45, 7) is 0.666. The summed E-state index contributed by atoms with van der Waals surface area (Å²) in [6.07, 6.45) is 6.06. The Morgan fingerprint density at radius 3 is 2.67 bits per heavy atom. The second-order valence-electron chi connectivity index (χ2n) is 6.19. The van der Waals surface area contributed by atoms with Crippen molar-refractivity contribution in [2.24, 2.45) is 0 Å². The van der Waals surface area contributed by atoms with Gasteiger partial charge in [-0.05, 0) is 43.0 Å². The Morgan fingerprint density at radius 2 is 2.08 bits per heavy atom. The predicted octanol–water partition coefficient (Wildman–Crippen LogP) is 2.34. The van der Waals surface area contributed by atoms with Crippen LogP contribution < -0.4 is 10.6 Å². The number of nitrogens with zero attached hydrogens (tertiary/aromatic N) is 2. The van der Waals surface area contributed by atoms with E-state index in [-0.39, 0.29) is 18.6 Å². The van der Waals surface area contributed by atoms with Crippen molar-refractivity contribution in [2.45, 2.75) is 30.9 Å². The highest BCUT2D eigenvalue weighted by molar-refractivity contribution is 6.30. The summed E-state index contributed by atoms with van der Waals surface area (Å²) in [5.74, 6) is 0. The highest BCUT2D eigenvalue weighted by Gasteiger charge is 2.34. The van der Waals surface area contributed by atoms with Crippen molar-refractivity contribution in [3.05, 3.63) is 53.3 Å². The summed E-state index contributed by atoms with van der Waals surface area (Å²) in [7, 11) is 0. The van der Waals surface area contributed by atoms with E-state index >= 15 is 0 Å². The SMILES string of the molecule is O=C(NC[C@@H](c1ccc(Cl)cc1)n1cccn1)NCC1(O)CCC1. The van der Waals surface area contributed by atoms with Gasteiger partial charge in [0.1, 0.15) is 0 Å². The maximum Gasteiger partial charge on any atom is 0.314 e. The van der Waals surface area contributed by atoms with Crippen molar-refractivity contribution in [3.63, 3.8) is 0 Å². The lowest BCUT2D eigenvalue weighted by Gasteiger charge is -2.36. The Morgan fingerprint density at radius 1 is 1.33 bits per heavy atom. The van der Waals surface area contributed by atoms with Crippen LogP contribution >= 0.6 is 11.6 Å². The van der Waals surface area contributed by atoms with Crippen LogP contribution in [0.15, 0.2) is 42.7 Å². The molecule has 6 nitrogen and oxygen atoms in total. The molecule has 1 heterocycles. The van der Waals surface area contributed by atoms with Gasteiger partial charge in [0.15, 0.2) is 0 Å². The molecule has 0 bridgehead atoms. The summed E-state index contributed by atoms with van der Waals surface area (Å²) < 4.78 is 1.79. The normalized spacial score (nSPS) is 16.9. The number of benzene rings is 1. The first kappa shape index (κ1) is 16.8. The minimum absolute atomic E-state index is 0.130. The third-order valence-corrected chi connectivity index (χ3v) is 4.67. The zero-order chi connectivity index (χ0) is 17.0. The topological polar surface area (TPSA) is 79.2 Å². The van der Waals surface area contributed by atoms with E-state index in [1.165, 1.54) is 0 Å². The molecule has 0 saturated heterocycles. The molecule has 1 aromatic carbocycles. The molecule has 1 aliphatic rings. The van der Waals surface area contributed by atoms with Crippen molar-refractivity contribution >= 4 is 17.6 Å². The van der Waals surface area contributed by atoms with Crippen LogP contribution in [0, 0.1) is 0 Å². The molecule has 1 atom stereocenters. The number of urea groups is 1. The Bertz CT molecular complexity index is 668. The molecular weight excluding hydrogens is 328 g/mol. The van der Waals surface area contributed by atoms with Gasteiger partial charge in [0.25, 0.3) is 0 Å². The number of aromatic nitrogens is 2. The quantitative estimate of drug-likeness (QED) is 0.749. The van der Waals surface area contributed by atoms with Crippen molar-refractivity contribution in [1.82, 2.24) is 20.4 Å². The number of amides is 2. The lowest BCUT2D eigenvalue weighted by Crippen LogP contribution is -2.50. The Balaban J connectivity index is 1.60. The molecule has 0 aliphatic heterocycles. The highest BCUT2D eigenvalue weighted by atomic mass is 35.5. The van der Waals surface area contributed by atoms with E-state index in [0.717, 1.165) is 24.8 Å². The highest BCUT2D eigenvalue weighted by Crippen LogP contribution is 2.30. The van der Waals surface area contributed by atoms with Crippen LogP contribution in [0.4, 0.5) is 4.79 Å². The molecule has 1 aromatic heterocycles. The number of carbonyl (C=O) groups excluding carboxylic acids is 1. The van der Waals surface area contributed by atoms with Gasteiger partial charge in [-0.15, -0.1) is 0 Å². The van der Waals surface area contributed by atoms with E-state index in [0.29, 0.717) is 11.6 Å². The molecule has 1 saturated carbocycles. The molecular formula is C17H21ClN4O2. The number of aliphatic hydroxyl groups is 1. The van der Waals surface area contributed by atoms with E-state index < -0.39 is 5.60 Å². The number of hydrogen-bond acceptors (Lipinski definition) is 3. The van der Waals surface area contributed by atoms with Crippen LogP contribution in [0.2, 0.25) is 5.02 Å². The molecule has 3 rings (SSSR count). The summed E-state index contributed by atoms with van der Waals surface area (Å²) in [5, 5.41) is 20.5. The minimum Gasteiger partial charge on any atom is -0.388 e. The largest absolute Gasteiger partial charge is 0.388 e. The van der Waals surface area contributed by atoms with E-state index in [1.54, 1.807) is 10.9 Å². The van der Waals surface area contributed by atoms with Crippen molar-refractivity contribution in [2.75, 3.05) is 13.1 Å². The molecule has 0 unspecified atom stereocenters.